The van der Waals surface area contributed by atoms with Gasteiger partial charge in [-0.05, 0) is 38.0 Å². The van der Waals surface area contributed by atoms with Gasteiger partial charge in [-0.1, -0.05) is 25.5 Å². The number of carbonyl (C=O) groups excluding carboxylic acids is 2. The largest absolute Gasteiger partial charge is 0.454 e. The molecular formula is C16H24N2O5S. The van der Waals surface area contributed by atoms with E-state index >= 15 is 0 Å². The van der Waals surface area contributed by atoms with Crippen LogP contribution >= 0.6 is 0 Å². The average Bonchev–Trinajstić information content (AvgIpc) is 2.50. The highest BCUT2D eigenvalue weighted by molar-refractivity contribution is 7.89. The second kappa shape index (κ2) is 9.39. The summed E-state index contributed by atoms with van der Waals surface area (Å²) in [6.45, 7) is 4.67. The predicted octanol–water partition coefficient (Wildman–Crippen LogP) is 1.58. The van der Waals surface area contributed by atoms with Crippen LogP contribution in [0.2, 0.25) is 0 Å². The van der Waals surface area contributed by atoms with Gasteiger partial charge < -0.3 is 10.1 Å². The quantitative estimate of drug-likeness (QED) is 0.654. The fraction of sp³-hybridized carbons (Fsp3) is 0.500. The van der Waals surface area contributed by atoms with Crippen molar-refractivity contribution in [1.82, 2.24) is 4.72 Å². The standard InChI is InChI=1S/C16H24N2O5S/c1-4-5-9-24(21,22)18-13(3)16(20)23-11-15(19)17-14-8-6-7-12(2)10-14/h6-8,10,13,18H,4-5,9,11H2,1-3H3,(H,17,19)/t13-/m0/s1. The summed E-state index contributed by atoms with van der Waals surface area (Å²) in [6.07, 6.45) is 1.24. The Morgan fingerprint density at radius 2 is 2.00 bits per heavy atom. The van der Waals surface area contributed by atoms with Crippen LogP contribution < -0.4 is 10.0 Å². The van der Waals surface area contributed by atoms with Crippen molar-refractivity contribution in [3.05, 3.63) is 29.8 Å². The number of unbranched alkanes of at least 4 members (excludes halogenated alkanes) is 1. The summed E-state index contributed by atoms with van der Waals surface area (Å²) in [5, 5.41) is 2.60. The van der Waals surface area contributed by atoms with Crippen molar-refractivity contribution in [3.63, 3.8) is 0 Å². The van der Waals surface area contributed by atoms with Gasteiger partial charge >= 0.3 is 5.97 Å². The molecule has 1 atom stereocenters. The molecule has 24 heavy (non-hydrogen) atoms. The molecule has 2 N–H and O–H groups in total. The Morgan fingerprint density at radius 1 is 1.29 bits per heavy atom. The highest BCUT2D eigenvalue weighted by atomic mass is 32.2. The number of esters is 1. The van der Waals surface area contributed by atoms with Gasteiger partial charge in [0.1, 0.15) is 6.04 Å². The predicted molar refractivity (Wildman–Crippen MR) is 92.1 cm³/mol. The summed E-state index contributed by atoms with van der Waals surface area (Å²) >= 11 is 0. The first-order valence-corrected chi connectivity index (χ1v) is 9.42. The van der Waals surface area contributed by atoms with E-state index in [1.54, 1.807) is 18.2 Å². The number of benzene rings is 1. The van der Waals surface area contributed by atoms with Gasteiger partial charge in [0.15, 0.2) is 6.61 Å². The van der Waals surface area contributed by atoms with Gasteiger partial charge in [0.05, 0.1) is 5.75 Å². The van der Waals surface area contributed by atoms with Crippen molar-refractivity contribution >= 4 is 27.6 Å². The second-order valence-electron chi connectivity index (χ2n) is 5.54. The van der Waals surface area contributed by atoms with Gasteiger partial charge in [-0.3, -0.25) is 9.59 Å². The minimum absolute atomic E-state index is 0.0467. The fourth-order valence-corrected chi connectivity index (χ4v) is 3.31. The van der Waals surface area contributed by atoms with Gasteiger partial charge in [0.2, 0.25) is 10.0 Å². The number of aryl methyl sites for hydroxylation is 1. The molecule has 1 aromatic rings. The van der Waals surface area contributed by atoms with Crippen LogP contribution in [0.4, 0.5) is 5.69 Å². The maximum absolute atomic E-state index is 11.8. The molecule has 0 aliphatic rings. The summed E-state index contributed by atoms with van der Waals surface area (Å²) < 4.78 is 30.5. The third kappa shape index (κ3) is 7.56. The van der Waals surface area contributed by atoms with Crippen LogP contribution in [-0.4, -0.2) is 38.7 Å². The molecule has 0 aliphatic heterocycles. The number of rotatable bonds is 9. The van der Waals surface area contributed by atoms with Gasteiger partial charge in [-0.2, -0.15) is 0 Å². The van der Waals surface area contributed by atoms with E-state index in [1.807, 2.05) is 19.9 Å². The number of ether oxygens (including phenoxy) is 1. The maximum Gasteiger partial charge on any atom is 0.324 e. The molecule has 1 rings (SSSR count). The van der Waals surface area contributed by atoms with Crippen LogP contribution in [0, 0.1) is 6.92 Å². The molecule has 0 aliphatic carbocycles. The zero-order valence-corrected chi connectivity index (χ0v) is 15.0. The minimum atomic E-state index is -3.53. The Morgan fingerprint density at radius 3 is 2.62 bits per heavy atom. The van der Waals surface area contributed by atoms with Gasteiger partial charge in [-0.15, -0.1) is 0 Å². The Labute approximate surface area is 142 Å². The summed E-state index contributed by atoms with van der Waals surface area (Å²) in [5.74, 6) is -1.33. The van der Waals surface area contributed by atoms with E-state index in [0.29, 0.717) is 12.1 Å². The first kappa shape index (κ1) is 20.1. The van der Waals surface area contributed by atoms with E-state index in [1.165, 1.54) is 6.92 Å². The van der Waals surface area contributed by atoms with E-state index in [0.717, 1.165) is 12.0 Å². The third-order valence-corrected chi connectivity index (χ3v) is 4.66. The van der Waals surface area contributed by atoms with Crippen LogP contribution in [0.15, 0.2) is 24.3 Å². The van der Waals surface area contributed by atoms with Crippen molar-refractivity contribution in [2.45, 2.75) is 39.7 Å². The van der Waals surface area contributed by atoms with Crippen molar-refractivity contribution in [2.24, 2.45) is 0 Å². The Kier molecular flexibility index (Phi) is 7.87. The lowest BCUT2D eigenvalue weighted by Gasteiger charge is -2.13. The summed E-state index contributed by atoms with van der Waals surface area (Å²) in [4.78, 5) is 23.5. The molecule has 0 aromatic heterocycles. The molecule has 0 bridgehead atoms. The average molecular weight is 356 g/mol. The van der Waals surface area contributed by atoms with Gasteiger partial charge in [-0.25, -0.2) is 13.1 Å². The van der Waals surface area contributed by atoms with Crippen LogP contribution in [0.1, 0.15) is 32.3 Å². The number of sulfonamides is 1. The molecule has 134 valence electrons. The van der Waals surface area contributed by atoms with Crippen molar-refractivity contribution < 1.29 is 22.7 Å². The molecule has 0 spiro atoms. The number of carbonyl (C=O) groups is 2. The number of hydrogen-bond donors (Lipinski definition) is 2. The molecule has 7 nitrogen and oxygen atoms in total. The lowest BCUT2D eigenvalue weighted by molar-refractivity contribution is -0.148. The van der Waals surface area contributed by atoms with Crippen LogP contribution in [0.3, 0.4) is 0 Å². The molecule has 1 amide bonds. The number of anilines is 1. The molecular weight excluding hydrogens is 332 g/mol. The molecule has 0 unspecified atom stereocenters. The van der Waals surface area contributed by atoms with Crippen LogP contribution in [0.25, 0.3) is 0 Å². The van der Waals surface area contributed by atoms with E-state index in [-0.39, 0.29) is 5.75 Å². The van der Waals surface area contributed by atoms with E-state index in [4.69, 9.17) is 4.74 Å². The topological polar surface area (TPSA) is 102 Å². The maximum atomic E-state index is 11.8. The zero-order chi connectivity index (χ0) is 18.2. The monoisotopic (exact) mass is 356 g/mol. The Hall–Kier alpha value is -1.93. The molecule has 0 saturated carbocycles. The van der Waals surface area contributed by atoms with E-state index < -0.39 is 34.5 Å². The summed E-state index contributed by atoms with van der Waals surface area (Å²) in [6, 6.07) is 6.15. The Bertz CT molecular complexity index is 673. The van der Waals surface area contributed by atoms with E-state index in [9.17, 15) is 18.0 Å². The molecule has 8 heteroatoms. The third-order valence-electron chi connectivity index (χ3n) is 3.12. The smallest absolute Gasteiger partial charge is 0.324 e. The van der Waals surface area contributed by atoms with Gasteiger partial charge in [0, 0.05) is 5.69 Å². The van der Waals surface area contributed by atoms with E-state index in [2.05, 4.69) is 10.0 Å². The molecule has 1 aromatic carbocycles. The first-order chi connectivity index (χ1) is 11.2. The number of amides is 1. The zero-order valence-electron chi connectivity index (χ0n) is 14.2. The highest BCUT2D eigenvalue weighted by Gasteiger charge is 2.21. The SMILES string of the molecule is CCCCS(=O)(=O)N[C@@H](C)C(=O)OCC(=O)Nc1cccc(C)c1. The van der Waals surface area contributed by atoms with Crippen molar-refractivity contribution in [3.8, 4) is 0 Å². The highest BCUT2D eigenvalue weighted by Crippen LogP contribution is 2.09. The lowest BCUT2D eigenvalue weighted by Crippen LogP contribution is -2.41. The second-order valence-corrected chi connectivity index (χ2v) is 7.41. The summed E-state index contributed by atoms with van der Waals surface area (Å²) in [7, 11) is -3.53. The minimum Gasteiger partial charge on any atom is -0.454 e. The molecule has 0 saturated heterocycles. The normalized spacial score (nSPS) is 12.5. The molecule has 0 heterocycles. The lowest BCUT2D eigenvalue weighted by atomic mass is 10.2. The first-order valence-electron chi connectivity index (χ1n) is 7.76. The Balaban J connectivity index is 2.43. The number of nitrogens with one attached hydrogen (secondary N) is 2. The van der Waals surface area contributed by atoms with Crippen molar-refractivity contribution in [1.29, 1.82) is 0 Å². The van der Waals surface area contributed by atoms with Gasteiger partial charge in [0.25, 0.3) is 5.91 Å². The van der Waals surface area contributed by atoms with Crippen LogP contribution in [-0.2, 0) is 24.3 Å². The summed E-state index contributed by atoms with van der Waals surface area (Å²) in [5.41, 5.74) is 1.59. The fourth-order valence-electron chi connectivity index (χ4n) is 1.89. The molecule has 0 radical (unpaired) electrons. The number of hydrogen-bond acceptors (Lipinski definition) is 5. The molecule has 0 fully saturated rings. The van der Waals surface area contributed by atoms with Crippen LogP contribution in [0.5, 0.6) is 0 Å². The van der Waals surface area contributed by atoms with Crippen molar-refractivity contribution in [2.75, 3.05) is 17.7 Å².